The van der Waals surface area contributed by atoms with Gasteiger partial charge in [-0.25, -0.2) is 9.78 Å². The molecule has 0 saturated carbocycles. The number of benzene rings is 1. The maximum Gasteiger partial charge on any atom is 0.407 e. The van der Waals surface area contributed by atoms with E-state index in [0.29, 0.717) is 65.9 Å². The zero-order valence-electron chi connectivity index (χ0n) is 19.2. The van der Waals surface area contributed by atoms with E-state index in [1.54, 1.807) is 45.4 Å². The van der Waals surface area contributed by atoms with Crippen LogP contribution in [-0.2, 0) is 4.79 Å². The van der Waals surface area contributed by atoms with Crippen molar-refractivity contribution in [3.05, 3.63) is 30.5 Å². The third kappa shape index (κ3) is 3.93. The molecule has 4 heterocycles. The van der Waals surface area contributed by atoms with E-state index in [1.165, 1.54) is 4.90 Å². The minimum Gasteiger partial charge on any atom is -0.476 e. The van der Waals surface area contributed by atoms with Crippen molar-refractivity contribution in [2.75, 3.05) is 35.7 Å². The largest absolute Gasteiger partial charge is 0.476 e. The summed E-state index contributed by atoms with van der Waals surface area (Å²) >= 11 is 0. The van der Waals surface area contributed by atoms with E-state index < -0.39 is 11.7 Å². The van der Waals surface area contributed by atoms with Gasteiger partial charge in [-0.15, -0.1) is 0 Å². The van der Waals surface area contributed by atoms with E-state index in [2.05, 4.69) is 20.5 Å². The van der Waals surface area contributed by atoms with Crippen LogP contribution >= 0.6 is 0 Å². The molecule has 3 aromatic rings. The number of anilines is 4. The van der Waals surface area contributed by atoms with E-state index in [0.717, 1.165) is 0 Å². The second-order valence-corrected chi connectivity index (χ2v) is 9.02. The number of carbonyl (C=O) groups excluding carboxylic acids is 1. The standard InChI is InChI=1S/C23H26N6O5/c1-23(2)20(30)25-16-12-13(4-5-17(16)34-23)24-21-26-15-8-11-33-18(15)19(27-21)29-9-6-14(7-10-29)28(3)22(31)32/h4-5,8,11-12,14H,6-7,9-10H2,1-3H3,(H,25,30)(H,31,32)(H,24,26,27). The molecule has 0 atom stereocenters. The van der Waals surface area contributed by atoms with Gasteiger partial charge in [0, 0.05) is 37.9 Å². The van der Waals surface area contributed by atoms with Crippen LogP contribution in [-0.4, -0.2) is 63.8 Å². The van der Waals surface area contributed by atoms with Gasteiger partial charge in [0.2, 0.25) is 5.95 Å². The highest BCUT2D eigenvalue weighted by Gasteiger charge is 2.35. The molecule has 2 aromatic heterocycles. The van der Waals surface area contributed by atoms with E-state index >= 15 is 0 Å². The number of nitrogens with one attached hydrogen (secondary N) is 2. The molecule has 3 N–H and O–H groups in total. The Morgan fingerprint density at radius 2 is 2.03 bits per heavy atom. The third-order valence-corrected chi connectivity index (χ3v) is 6.29. The van der Waals surface area contributed by atoms with Gasteiger partial charge >= 0.3 is 6.09 Å². The van der Waals surface area contributed by atoms with Crippen molar-refractivity contribution in [2.24, 2.45) is 0 Å². The molecule has 1 fully saturated rings. The van der Waals surface area contributed by atoms with Crippen LogP contribution in [0, 0.1) is 0 Å². The molecule has 34 heavy (non-hydrogen) atoms. The Bertz CT molecular complexity index is 1260. The number of hydrogen-bond acceptors (Lipinski definition) is 8. The molecular weight excluding hydrogens is 440 g/mol. The minimum atomic E-state index is -0.932. The molecule has 2 aliphatic heterocycles. The van der Waals surface area contributed by atoms with Gasteiger partial charge in [-0.3, -0.25) is 4.79 Å². The molecule has 0 spiro atoms. The van der Waals surface area contributed by atoms with Crippen molar-refractivity contribution in [2.45, 2.75) is 38.3 Å². The zero-order valence-corrected chi connectivity index (χ0v) is 19.2. The van der Waals surface area contributed by atoms with Crippen molar-refractivity contribution < 1.29 is 23.8 Å². The van der Waals surface area contributed by atoms with Crippen molar-refractivity contribution in [1.82, 2.24) is 14.9 Å². The predicted molar refractivity (Wildman–Crippen MR) is 126 cm³/mol. The summed E-state index contributed by atoms with van der Waals surface area (Å²) < 4.78 is 11.5. The van der Waals surface area contributed by atoms with E-state index in [9.17, 15) is 14.7 Å². The Morgan fingerprint density at radius 1 is 1.26 bits per heavy atom. The summed E-state index contributed by atoms with van der Waals surface area (Å²) in [5, 5.41) is 15.3. The number of carbonyl (C=O) groups is 2. The average Bonchev–Trinajstić information content (AvgIpc) is 3.27. The Labute approximate surface area is 195 Å². The monoisotopic (exact) mass is 466 g/mol. The highest BCUT2D eigenvalue weighted by Crippen LogP contribution is 2.36. The molecule has 0 bridgehead atoms. The van der Waals surface area contributed by atoms with Crippen LogP contribution in [0.15, 0.2) is 34.9 Å². The summed E-state index contributed by atoms with van der Waals surface area (Å²) in [5.41, 5.74) is 1.58. The first-order chi connectivity index (χ1) is 16.2. The fourth-order valence-corrected chi connectivity index (χ4v) is 4.26. The van der Waals surface area contributed by atoms with Gasteiger partial charge in [0.15, 0.2) is 17.0 Å². The normalized spacial score (nSPS) is 17.6. The SMILES string of the molecule is CN(C(=O)O)C1CCN(c2nc(Nc3ccc4c(c3)NC(=O)C(C)(C)O4)nc3ccoc23)CC1. The molecule has 1 aromatic carbocycles. The van der Waals surface area contributed by atoms with Crippen LogP contribution in [0.4, 0.5) is 27.9 Å². The summed E-state index contributed by atoms with van der Waals surface area (Å²) in [4.78, 5) is 36.3. The number of aromatic nitrogens is 2. The molecule has 178 valence electrons. The number of piperidine rings is 1. The fourth-order valence-electron chi connectivity index (χ4n) is 4.26. The zero-order chi connectivity index (χ0) is 24.0. The van der Waals surface area contributed by atoms with Gasteiger partial charge < -0.3 is 34.7 Å². The summed E-state index contributed by atoms with van der Waals surface area (Å²) in [6.07, 6.45) is 2.04. The minimum absolute atomic E-state index is 0.0295. The van der Waals surface area contributed by atoms with Crippen LogP contribution in [0.1, 0.15) is 26.7 Å². The van der Waals surface area contributed by atoms with Crippen LogP contribution in [0.25, 0.3) is 11.1 Å². The number of hydrogen-bond donors (Lipinski definition) is 3. The molecule has 1 saturated heterocycles. The third-order valence-electron chi connectivity index (χ3n) is 6.29. The Kier molecular flexibility index (Phi) is 5.18. The Hall–Kier alpha value is -4.02. The van der Waals surface area contributed by atoms with Gasteiger partial charge in [0.1, 0.15) is 11.3 Å². The van der Waals surface area contributed by atoms with Crippen molar-refractivity contribution >= 4 is 46.2 Å². The van der Waals surface area contributed by atoms with Gasteiger partial charge in [-0.05, 0) is 44.9 Å². The number of carboxylic acid groups (broad SMARTS) is 1. The highest BCUT2D eigenvalue weighted by molar-refractivity contribution is 6.00. The Morgan fingerprint density at radius 3 is 2.76 bits per heavy atom. The number of furan rings is 1. The Balaban J connectivity index is 1.39. The van der Waals surface area contributed by atoms with Gasteiger partial charge in [0.25, 0.3) is 5.91 Å². The van der Waals surface area contributed by atoms with E-state index in [1.807, 2.05) is 6.07 Å². The second kappa shape index (κ2) is 8.08. The lowest BCUT2D eigenvalue weighted by atomic mass is 10.0. The lowest BCUT2D eigenvalue weighted by Gasteiger charge is -2.36. The quantitative estimate of drug-likeness (QED) is 0.527. The first-order valence-electron chi connectivity index (χ1n) is 11.1. The van der Waals surface area contributed by atoms with Crippen molar-refractivity contribution in [3.8, 4) is 5.75 Å². The predicted octanol–water partition coefficient (Wildman–Crippen LogP) is 3.65. The van der Waals surface area contributed by atoms with E-state index in [4.69, 9.17) is 14.1 Å². The average molecular weight is 466 g/mol. The number of rotatable bonds is 4. The lowest BCUT2D eigenvalue weighted by Crippen LogP contribution is -2.45. The van der Waals surface area contributed by atoms with Gasteiger partial charge in [-0.2, -0.15) is 4.98 Å². The number of amides is 2. The molecule has 2 aliphatic rings. The second-order valence-electron chi connectivity index (χ2n) is 9.02. The van der Waals surface area contributed by atoms with E-state index in [-0.39, 0.29) is 11.9 Å². The first-order valence-corrected chi connectivity index (χ1v) is 11.1. The highest BCUT2D eigenvalue weighted by atomic mass is 16.5. The topological polar surface area (TPSA) is 133 Å². The molecular formula is C23H26N6O5. The lowest BCUT2D eigenvalue weighted by molar-refractivity contribution is -0.129. The first kappa shape index (κ1) is 21.8. The number of fused-ring (bicyclic) bond motifs is 2. The summed E-state index contributed by atoms with van der Waals surface area (Å²) in [6.45, 7) is 4.73. The molecule has 11 nitrogen and oxygen atoms in total. The van der Waals surface area contributed by atoms with Gasteiger partial charge in [0.05, 0.1) is 12.0 Å². The fraction of sp³-hybridized carbons (Fsp3) is 0.391. The van der Waals surface area contributed by atoms with Crippen LogP contribution in [0.5, 0.6) is 5.75 Å². The molecule has 0 unspecified atom stereocenters. The number of ether oxygens (including phenoxy) is 1. The smallest absolute Gasteiger partial charge is 0.407 e. The van der Waals surface area contributed by atoms with Crippen LogP contribution in [0.2, 0.25) is 0 Å². The van der Waals surface area contributed by atoms with Crippen molar-refractivity contribution in [3.63, 3.8) is 0 Å². The summed E-state index contributed by atoms with van der Waals surface area (Å²) in [6, 6.07) is 7.15. The summed E-state index contributed by atoms with van der Waals surface area (Å²) in [5.74, 6) is 1.42. The molecule has 11 heteroatoms. The number of nitrogens with zero attached hydrogens (tertiary/aromatic N) is 4. The maximum absolute atomic E-state index is 12.3. The molecule has 0 radical (unpaired) electrons. The van der Waals surface area contributed by atoms with Crippen LogP contribution < -0.4 is 20.3 Å². The molecule has 0 aliphatic carbocycles. The van der Waals surface area contributed by atoms with Crippen LogP contribution in [0.3, 0.4) is 0 Å². The maximum atomic E-state index is 12.3. The summed E-state index contributed by atoms with van der Waals surface area (Å²) in [7, 11) is 1.60. The molecule has 5 rings (SSSR count). The van der Waals surface area contributed by atoms with Crippen molar-refractivity contribution in [1.29, 1.82) is 0 Å². The van der Waals surface area contributed by atoms with Gasteiger partial charge in [-0.1, -0.05) is 0 Å². The molecule has 2 amide bonds.